The van der Waals surface area contributed by atoms with Gasteiger partial charge in [-0.25, -0.2) is 9.36 Å². The van der Waals surface area contributed by atoms with Crippen LogP contribution in [0.25, 0.3) is 0 Å². The molecule has 32 heavy (non-hydrogen) atoms. The van der Waals surface area contributed by atoms with Crippen molar-refractivity contribution in [3.05, 3.63) is 140 Å². The number of rotatable bonds is 8. The second kappa shape index (κ2) is 10.1. The van der Waals surface area contributed by atoms with Gasteiger partial charge in [-0.15, -0.1) is 0 Å². The maximum Gasteiger partial charge on any atom is 0.332 e. The highest BCUT2D eigenvalue weighted by Crippen LogP contribution is 2.24. The number of hydrogen-bond donors (Lipinski definition) is 0. The van der Waals surface area contributed by atoms with Crippen LogP contribution in [-0.2, 0) is 13.0 Å². The average molecular weight is 425 g/mol. The summed E-state index contributed by atoms with van der Waals surface area (Å²) in [4.78, 5) is 27.3. The molecule has 162 valence electrons. The molecule has 0 spiro atoms. The molecule has 0 aliphatic carbocycles. The van der Waals surface area contributed by atoms with Crippen molar-refractivity contribution >= 4 is 0 Å². The van der Waals surface area contributed by atoms with Gasteiger partial charge in [0.2, 0.25) is 0 Å². The van der Waals surface area contributed by atoms with E-state index in [4.69, 9.17) is 0 Å². The Hall–Kier alpha value is -3.66. The van der Waals surface area contributed by atoms with Crippen molar-refractivity contribution in [1.29, 1.82) is 0 Å². The Morgan fingerprint density at radius 2 is 1.28 bits per heavy atom. The predicted octanol–water partition coefficient (Wildman–Crippen LogP) is 5.04. The third-order valence-electron chi connectivity index (χ3n) is 5.77. The Morgan fingerprint density at radius 1 is 0.750 bits per heavy atom. The number of unbranched alkanes of at least 4 members (excludes halogenated alkanes) is 1. The smallest absolute Gasteiger partial charge is 0.293 e. The second-order valence-corrected chi connectivity index (χ2v) is 8.03. The van der Waals surface area contributed by atoms with Gasteiger partial charge in [-0.1, -0.05) is 104 Å². The van der Waals surface area contributed by atoms with Crippen molar-refractivity contribution in [2.24, 2.45) is 0 Å². The van der Waals surface area contributed by atoms with E-state index in [0.717, 1.165) is 35.2 Å². The summed E-state index contributed by atoms with van der Waals surface area (Å²) in [6, 6.07) is 30.6. The minimum absolute atomic E-state index is 0.261. The van der Waals surface area contributed by atoms with Gasteiger partial charge in [0.25, 0.3) is 5.56 Å². The molecule has 0 aliphatic heterocycles. The maximum atomic E-state index is 13.9. The van der Waals surface area contributed by atoms with Crippen LogP contribution >= 0.6 is 0 Å². The van der Waals surface area contributed by atoms with Crippen LogP contribution in [0.2, 0.25) is 0 Å². The van der Waals surface area contributed by atoms with Crippen molar-refractivity contribution in [2.45, 2.75) is 38.8 Å². The van der Waals surface area contributed by atoms with Gasteiger partial charge in [0.15, 0.2) is 0 Å². The Balaban J connectivity index is 1.93. The summed E-state index contributed by atoms with van der Waals surface area (Å²) >= 11 is 0. The number of nitrogens with zero attached hydrogens (tertiary/aromatic N) is 2. The van der Waals surface area contributed by atoms with Crippen molar-refractivity contribution < 1.29 is 0 Å². The molecule has 4 rings (SSSR count). The molecule has 0 aliphatic rings. The van der Waals surface area contributed by atoms with E-state index in [-0.39, 0.29) is 11.2 Å². The first-order chi connectivity index (χ1) is 15.7. The zero-order valence-electron chi connectivity index (χ0n) is 18.4. The Kier molecular flexibility index (Phi) is 6.81. The first-order valence-corrected chi connectivity index (χ1v) is 11.2. The van der Waals surface area contributed by atoms with E-state index in [9.17, 15) is 9.59 Å². The van der Waals surface area contributed by atoms with E-state index < -0.39 is 6.04 Å². The Labute approximate surface area is 188 Å². The molecule has 0 fully saturated rings. The second-order valence-electron chi connectivity index (χ2n) is 8.03. The summed E-state index contributed by atoms with van der Waals surface area (Å²) in [5.41, 5.74) is 3.11. The maximum absolute atomic E-state index is 13.9. The minimum Gasteiger partial charge on any atom is -0.293 e. The molecule has 0 unspecified atom stereocenters. The molecule has 0 radical (unpaired) electrons. The number of aryl methyl sites for hydroxylation is 1. The summed E-state index contributed by atoms with van der Waals surface area (Å²) in [6.45, 7) is 2.55. The molecule has 0 atom stereocenters. The van der Waals surface area contributed by atoms with Crippen LogP contribution in [0.5, 0.6) is 0 Å². The quantitative estimate of drug-likeness (QED) is 0.398. The Morgan fingerprint density at radius 3 is 1.81 bits per heavy atom. The topological polar surface area (TPSA) is 44.0 Å². The molecule has 1 aromatic heterocycles. The molecule has 0 saturated heterocycles. The summed E-state index contributed by atoms with van der Waals surface area (Å²) < 4.78 is 3.17. The lowest BCUT2D eigenvalue weighted by Gasteiger charge is -2.23. The number of benzene rings is 3. The number of aromatic nitrogens is 2. The largest absolute Gasteiger partial charge is 0.332 e. The molecule has 4 heteroatoms. The van der Waals surface area contributed by atoms with Crippen molar-refractivity contribution in [3.8, 4) is 0 Å². The van der Waals surface area contributed by atoms with Crippen molar-refractivity contribution in [1.82, 2.24) is 9.13 Å². The van der Waals surface area contributed by atoms with Crippen LogP contribution in [0.3, 0.4) is 0 Å². The molecular weight excluding hydrogens is 396 g/mol. The monoisotopic (exact) mass is 424 g/mol. The molecule has 0 N–H and O–H groups in total. The van der Waals surface area contributed by atoms with Gasteiger partial charge in [-0.05, 0) is 29.5 Å². The van der Waals surface area contributed by atoms with Crippen LogP contribution in [0.4, 0.5) is 0 Å². The lowest BCUT2D eigenvalue weighted by atomic mass is 9.98. The summed E-state index contributed by atoms with van der Waals surface area (Å²) in [7, 11) is 0. The lowest BCUT2D eigenvalue weighted by molar-refractivity contribution is 0.538. The van der Waals surface area contributed by atoms with Crippen molar-refractivity contribution in [2.75, 3.05) is 0 Å². The van der Waals surface area contributed by atoms with Gasteiger partial charge in [-0.3, -0.25) is 9.36 Å². The van der Waals surface area contributed by atoms with Gasteiger partial charge < -0.3 is 0 Å². The number of hydrogen-bond acceptors (Lipinski definition) is 2. The fraction of sp³-hybridized carbons (Fsp3) is 0.214. The van der Waals surface area contributed by atoms with E-state index in [1.165, 1.54) is 4.57 Å². The normalized spacial score (nSPS) is 11.1. The average Bonchev–Trinajstić information content (AvgIpc) is 2.84. The highest BCUT2D eigenvalue weighted by atomic mass is 16.2. The van der Waals surface area contributed by atoms with E-state index in [2.05, 4.69) is 6.92 Å². The first-order valence-electron chi connectivity index (χ1n) is 11.2. The van der Waals surface area contributed by atoms with Crippen molar-refractivity contribution in [3.63, 3.8) is 0 Å². The van der Waals surface area contributed by atoms with Gasteiger partial charge in [-0.2, -0.15) is 0 Å². The molecule has 3 aromatic carbocycles. The fourth-order valence-corrected chi connectivity index (χ4v) is 4.14. The van der Waals surface area contributed by atoms with Crippen LogP contribution < -0.4 is 11.2 Å². The summed E-state index contributed by atoms with van der Waals surface area (Å²) in [5, 5.41) is 0. The predicted molar refractivity (Wildman–Crippen MR) is 129 cm³/mol. The third kappa shape index (κ3) is 4.65. The molecule has 0 saturated carbocycles. The highest BCUT2D eigenvalue weighted by molar-refractivity contribution is 5.33. The van der Waals surface area contributed by atoms with Crippen LogP contribution in [0, 0.1) is 0 Å². The van der Waals surface area contributed by atoms with Crippen LogP contribution in [0.1, 0.15) is 48.2 Å². The Bertz CT molecular complexity index is 1220. The highest BCUT2D eigenvalue weighted by Gasteiger charge is 2.22. The summed E-state index contributed by atoms with van der Waals surface area (Å²) in [6.07, 6.45) is 2.63. The van der Waals surface area contributed by atoms with E-state index >= 15 is 0 Å². The SMILES string of the molecule is CCCCc1cc(=O)n(C(c2ccccc2)c2ccccc2)c(=O)n1Cc1ccccc1. The molecule has 4 aromatic rings. The fourth-order valence-electron chi connectivity index (χ4n) is 4.14. The molecule has 0 bridgehead atoms. The molecule has 1 heterocycles. The van der Waals surface area contributed by atoms with E-state index in [0.29, 0.717) is 13.0 Å². The van der Waals surface area contributed by atoms with Gasteiger partial charge in [0.05, 0.1) is 12.6 Å². The van der Waals surface area contributed by atoms with E-state index in [1.807, 2.05) is 91.0 Å². The zero-order valence-corrected chi connectivity index (χ0v) is 18.4. The lowest BCUT2D eigenvalue weighted by Crippen LogP contribution is -2.44. The van der Waals surface area contributed by atoms with Gasteiger partial charge in [0, 0.05) is 11.8 Å². The molecule has 0 amide bonds. The minimum atomic E-state index is -0.486. The third-order valence-corrected chi connectivity index (χ3v) is 5.77. The molecule has 4 nitrogen and oxygen atoms in total. The zero-order chi connectivity index (χ0) is 22.3. The first kappa shape index (κ1) is 21.6. The summed E-state index contributed by atoms with van der Waals surface area (Å²) in [5.74, 6) is 0. The van der Waals surface area contributed by atoms with Gasteiger partial charge >= 0.3 is 5.69 Å². The van der Waals surface area contributed by atoms with Crippen LogP contribution in [-0.4, -0.2) is 9.13 Å². The van der Waals surface area contributed by atoms with E-state index in [1.54, 1.807) is 10.6 Å². The van der Waals surface area contributed by atoms with Crippen LogP contribution in [0.15, 0.2) is 107 Å². The van der Waals surface area contributed by atoms with Gasteiger partial charge in [0.1, 0.15) is 0 Å². The standard InChI is InChI=1S/C28H28N2O2/c1-2-3-19-25-20-26(31)30(28(32)29(25)21-22-13-7-4-8-14-22)27(23-15-9-5-10-16-23)24-17-11-6-12-18-24/h4-18,20,27H,2-3,19,21H2,1H3. The molecular formula is C28H28N2O2.